The second kappa shape index (κ2) is 6.23. The highest BCUT2D eigenvalue weighted by Crippen LogP contribution is 2.36. The van der Waals surface area contributed by atoms with Crippen molar-refractivity contribution < 1.29 is 14.3 Å². The lowest BCUT2D eigenvalue weighted by Crippen LogP contribution is -2.59. The molecule has 0 aromatic heterocycles. The largest absolute Gasteiger partial charge is 0.468 e. The minimum absolute atomic E-state index is 0.0680. The number of hydrogen-bond acceptors (Lipinski definition) is 5. The molecule has 5 nitrogen and oxygen atoms in total. The SMILES string of the molecule is COC(=O)C1(NC2CC2)CCCC(N2CCC(OC)C2)C1. The molecule has 0 aromatic rings. The summed E-state index contributed by atoms with van der Waals surface area (Å²) in [7, 11) is 3.31. The molecule has 3 unspecified atom stereocenters. The number of nitrogens with zero attached hydrogens (tertiary/aromatic N) is 1. The van der Waals surface area contributed by atoms with Crippen LogP contribution in [-0.4, -0.2) is 61.9 Å². The maximum atomic E-state index is 12.4. The van der Waals surface area contributed by atoms with Crippen molar-refractivity contribution in [2.45, 2.75) is 68.7 Å². The molecule has 2 aliphatic carbocycles. The average molecular weight is 296 g/mol. The van der Waals surface area contributed by atoms with Crippen LogP contribution in [0, 0.1) is 0 Å². The molecule has 1 heterocycles. The van der Waals surface area contributed by atoms with E-state index in [0.29, 0.717) is 18.2 Å². The standard InChI is InChI=1S/C16H28N2O3/c1-20-14-7-9-18(11-14)13-4-3-8-16(10-13,15(19)21-2)17-12-5-6-12/h12-14,17H,3-11H2,1-2H3. The van der Waals surface area contributed by atoms with Gasteiger partial charge in [-0.3, -0.25) is 15.0 Å². The van der Waals surface area contributed by atoms with E-state index in [0.717, 1.165) is 38.8 Å². The van der Waals surface area contributed by atoms with Crippen LogP contribution in [-0.2, 0) is 14.3 Å². The summed E-state index contributed by atoms with van der Waals surface area (Å²) in [4.78, 5) is 14.9. The van der Waals surface area contributed by atoms with E-state index in [2.05, 4.69) is 10.2 Å². The number of nitrogens with one attached hydrogen (secondary N) is 1. The van der Waals surface area contributed by atoms with Gasteiger partial charge in [-0.2, -0.15) is 0 Å². The number of carbonyl (C=O) groups is 1. The predicted octanol–water partition coefficient (Wildman–Crippen LogP) is 1.31. The smallest absolute Gasteiger partial charge is 0.326 e. The molecule has 2 saturated carbocycles. The van der Waals surface area contributed by atoms with Crippen LogP contribution in [0.1, 0.15) is 44.9 Å². The van der Waals surface area contributed by atoms with Crippen molar-refractivity contribution >= 4 is 5.97 Å². The van der Waals surface area contributed by atoms with Gasteiger partial charge in [-0.05, 0) is 44.9 Å². The Morgan fingerprint density at radius 3 is 2.67 bits per heavy atom. The molecule has 0 amide bonds. The zero-order valence-corrected chi connectivity index (χ0v) is 13.3. The first-order chi connectivity index (χ1) is 10.2. The molecule has 0 spiro atoms. The van der Waals surface area contributed by atoms with E-state index in [9.17, 15) is 4.79 Å². The summed E-state index contributed by atoms with van der Waals surface area (Å²) in [5, 5.41) is 3.60. The highest BCUT2D eigenvalue weighted by molar-refractivity contribution is 5.81. The van der Waals surface area contributed by atoms with E-state index >= 15 is 0 Å². The highest BCUT2D eigenvalue weighted by atomic mass is 16.5. The van der Waals surface area contributed by atoms with Gasteiger partial charge in [0, 0.05) is 32.3 Å². The first-order valence-corrected chi connectivity index (χ1v) is 8.30. The van der Waals surface area contributed by atoms with Crippen molar-refractivity contribution in [3.05, 3.63) is 0 Å². The quantitative estimate of drug-likeness (QED) is 0.775. The van der Waals surface area contributed by atoms with Gasteiger partial charge in [0.2, 0.25) is 0 Å². The van der Waals surface area contributed by atoms with Crippen LogP contribution in [0.15, 0.2) is 0 Å². The lowest BCUT2D eigenvalue weighted by atomic mass is 9.78. The van der Waals surface area contributed by atoms with Gasteiger partial charge in [0.15, 0.2) is 0 Å². The molecule has 0 bridgehead atoms. The Morgan fingerprint density at radius 1 is 1.24 bits per heavy atom. The highest BCUT2D eigenvalue weighted by Gasteiger charge is 2.48. The van der Waals surface area contributed by atoms with Crippen LogP contribution in [0.3, 0.4) is 0 Å². The fraction of sp³-hybridized carbons (Fsp3) is 0.938. The van der Waals surface area contributed by atoms with Gasteiger partial charge in [0.05, 0.1) is 13.2 Å². The molecule has 1 saturated heterocycles. The molecular formula is C16H28N2O3. The zero-order chi connectivity index (χ0) is 14.9. The molecule has 3 fully saturated rings. The van der Waals surface area contributed by atoms with E-state index < -0.39 is 5.54 Å². The molecule has 0 radical (unpaired) electrons. The zero-order valence-electron chi connectivity index (χ0n) is 13.3. The summed E-state index contributed by atoms with van der Waals surface area (Å²) in [5.74, 6) is -0.0680. The van der Waals surface area contributed by atoms with Crippen LogP contribution in [0.5, 0.6) is 0 Å². The number of likely N-dealkylation sites (tertiary alicyclic amines) is 1. The van der Waals surface area contributed by atoms with Crippen molar-refractivity contribution in [3.8, 4) is 0 Å². The van der Waals surface area contributed by atoms with Gasteiger partial charge in [-0.15, -0.1) is 0 Å². The fourth-order valence-electron chi connectivity index (χ4n) is 4.02. The molecule has 5 heteroatoms. The molecule has 1 N–H and O–H groups in total. The second-order valence-corrected chi connectivity index (χ2v) is 6.88. The predicted molar refractivity (Wildman–Crippen MR) is 80.1 cm³/mol. The van der Waals surface area contributed by atoms with E-state index in [-0.39, 0.29) is 5.97 Å². The van der Waals surface area contributed by atoms with Gasteiger partial charge in [-0.25, -0.2) is 0 Å². The molecule has 3 atom stereocenters. The number of ether oxygens (including phenoxy) is 2. The lowest BCUT2D eigenvalue weighted by Gasteiger charge is -2.42. The van der Waals surface area contributed by atoms with Gasteiger partial charge < -0.3 is 9.47 Å². The topological polar surface area (TPSA) is 50.8 Å². The van der Waals surface area contributed by atoms with Crippen LogP contribution in [0.2, 0.25) is 0 Å². The molecule has 21 heavy (non-hydrogen) atoms. The first kappa shape index (κ1) is 15.3. The van der Waals surface area contributed by atoms with E-state index in [1.807, 2.05) is 0 Å². The molecule has 3 rings (SSSR count). The summed E-state index contributed by atoms with van der Waals surface area (Å²) in [6.07, 6.45) is 7.91. The van der Waals surface area contributed by atoms with Crippen molar-refractivity contribution in [1.82, 2.24) is 10.2 Å². The lowest BCUT2D eigenvalue weighted by molar-refractivity contribution is -0.151. The maximum absolute atomic E-state index is 12.4. The number of rotatable bonds is 5. The third-order valence-corrected chi connectivity index (χ3v) is 5.39. The van der Waals surface area contributed by atoms with E-state index in [4.69, 9.17) is 9.47 Å². The van der Waals surface area contributed by atoms with Crippen LogP contribution in [0.25, 0.3) is 0 Å². The Labute approximate surface area is 127 Å². The minimum Gasteiger partial charge on any atom is -0.468 e. The summed E-state index contributed by atoms with van der Waals surface area (Å²) < 4.78 is 10.6. The monoisotopic (exact) mass is 296 g/mol. The van der Waals surface area contributed by atoms with Crippen LogP contribution in [0.4, 0.5) is 0 Å². The van der Waals surface area contributed by atoms with Crippen LogP contribution < -0.4 is 5.32 Å². The average Bonchev–Trinajstić information content (AvgIpc) is 3.19. The molecule has 1 aliphatic heterocycles. The van der Waals surface area contributed by atoms with E-state index in [1.165, 1.54) is 26.4 Å². The Balaban J connectivity index is 1.68. The Morgan fingerprint density at radius 2 is 2.05 bits per heavy atom. The number of carbonyl (C=O) groups excluding carboxylic acids is 1. The molecule has 0 aromatic carbocycles. The van der Waals surface area contributed by atoms with Gasteiger partial charge in [0.25, 0.3) is 0 Å². The van der Waals surface area contributed by atoms with Gasteiger partial charge in [0.1, 0.15) is 5.54 Å². The van der Waals surface area contributed by atoms with Crippen molar-refractivity contribution in [2.75, 3.05) is 27.3 Å². The third-order valence-electron chi connectivity index (χ3n) is 5.39. The number of hydrogen-bond donors (Lipinski definition) is 1. The second-order valence-electron chi connectivity index (χ2n) is 6.88. The van der Waals surface area contributed by atoms with E-state index in [1.54, 1.807) is 7.11 Å². The first-order valence-electron chi connectivity index (χ1n) is 8.30. The number of esters is 1. The number of methoxy groups -OCH3 is 2. The fourth-order valence-corrected chi connectivity index (χ4v) is 4.02. The van der Waals surface area contributed by atoms with Crippen molar-refractivity contribution in [1.29, 1.82) is 0 Å². The van der Waals surface area contributed by atoms with Crippen molar-refractivity contribution in [3.63, 3.8) is 0 Å². The molecule has 3 aliphatic rings. The molecular weight excluding hydrogens is 268 g/mol. The van der Waals surface area contributed by atoms with Gasteiger partial charge in [-0.1, -0.05) is 0 Å². The summed E-state index contributed by atoms with van der Waals surface area (Å²) in [6, 6.07) is 0.998. The normalized spacial score (nSPS) is 37.6. The summed E-state index contributed by atoms with van der Waals surface area (Å²) >= 11 is 0. The maximum Gasteiger partial charge on any atom is 0.326 e. The van der Waals surface area contributed by atoms with Gasteiger partial charge >= 0.3 is 5.97 Å². The van der Waals surface area contributed by atoms with Crippen LogP contribution >= 0.6 is 0 Å². The van der Waals surface area contributed by atoms with Crippen molar-refractivity contribution in [2.24, 2.45) is 0 Å². The third kappa shape index (κ3) is 3.25. The summed E-state index contributed by atoms with van der Waals surface area (Å²) in [5.41, 5.74) is -0.454. The summed E-state index contributed by atoms with van der Waals surface area (Å²) in [6.45, 7) is 2.09. The minimum atomic E-state index is -0.454. The molecule has 120 valence electrons. The Kier molecular flexibility index (Phi) is 4.52. The Hall–Kier alpha value is -0.650. The Bertz CT molecular complexity index is 386.